The monoisotopic (exact) mass is 314 g/mol. The fourth-order valence-electron chi connectivity index (χ4n) is 2.26. The maximum atomic E-state index is 13.6. The van der Waals surface area contributed by atoms with Crippen LogP contribution in [0.5, 0.6) is 0 Å². The molecular weight excluding hydrogens is 291 g/mol. The van der Waals surface area contributed by atoms with Crippen molar-refractivity contribution in [3.8, 4) is 0 Å². The number of carbonyl (C=O) groups excluding carboxylic acids is 1. The normalized spacial score (nSPS) is 13.2. The van der Waals surface area contributed by atoms with Gasteiger partial charge in [-0.15, -0.1) is 0 Å². The van der Waals surface area contributed by atoms with Crippen molar-refractivity contribution in [2.45, 2.75) is 39.2 Å². The maximum Gasteiger partial charge on any atom is 0.246 e. The molecule has 2 rings (SSSR count). The Morgan fingerprint density at radius 2 is 1.74 bits per heavy atom. The number of hydrogen-bond acceptors (Lipinski definition) is 2. The van der Waals surface area contributed by atoms with Gasteiger partial charge in [0.05, 0.1) is 5.69 Å². The van der Waals surface area contributed by atoms with Crippen LogP contribution in [-0.2, 0) is 4.79 Å². The van der Waals surface area contributed by atoms with Gasteiger partial charge in [-0.3, -0.25) is 4.79 Å². The second kappa shape index (κ2) is 7.77. The van der Waals surface area contributed by atoms with E-state index in [0.717, 1.165) is 12.1 Å². The van der Waals surface area contributed by atoms with Gasteiger partial charge in [0.15, 0.2) is 0 Å². The van der Waals surface area contributed by atoms with E-state index in [1.807, 2.05) is 12.1 Å². The molecule has 2 aromatic carbocycles. The van der Waals surface area contributed by atoms with Gasteiger partial charge in [-0.05, 0) is 49.1 Å². The molecule has 1 amide bonds. The number of nitrogens with one attached hydrogen (secondary N) is 2. The van der Waals surface area contributed by atoms with Crippen LogP contribution in [0.25, 0.3) is 0 Å². The molecule has 2 aromatic rings. The molecule has 0 spiro atoms. The van der Waals surface area contributed by atoms with Crippen molar-refractivity contribution in [2.24, 2.45) is 0 Å². The van der Waals surface area contributed by atoms with Crippen LogP contribution in [0.15, 0.2) is 48.5 Å². The minimum atomic E-state index is -0.468. The van der Waals surface area contributed by atoms with Gasteiger partial charge in [0.2, 0.25) is 5.91 Å². The van der Waals surface area contributed by atoms with Crippen molar-refractivity contribution in [2.75, 3.05) is 10.6 Å². The molecule has 3 nitrogen and oxygen atoms in total. The van der Waals surface area contributed by atoms with Gasteiger partial charge in [-0.1, -0.05) is 38.1 Å². The van der Waals surface area contributed by atoms with E-state index in [0.29, 0.717) is 5.92 Å². The fraction of sp³-hybridized carbons (Fsp3) is 0.316. The molecular formula is C19H23FN2O. The Labute approximate surface area is 136 Å². The summed E-state index contributed by atoms with van der Waals surface area (Å²) >= 11 is 0. The first-order valence-electron chi connectivity index (χ1n) is 7.93. The van der Waals surface area contributed by atoms with Gasteiger partial charge in [0, 0.05) is 5.69 Å². The third kappa shape index (κ3) is 4.55. The molecule has 2 atom stereocenters. The highest BCUT2D eigenvalue weighted by Crippen LogP contribution is 2.21. The first kappa shape index (κ1) is 17.0. The highest BCUT2D eigenvalue weighted by molar-refractivity contribution is 5.96. The van der Waals surface area contributed by atoms with Crippen molar-refractivity contribution < 1.29 is 9.18 Å². The zero-order valence-corrected chi connectivity index (χ0v) is 13.8. The lowest BCUT2D eigenvalue weighted by Gasteiger charge is -2.16. The summed E-state index contributed by atoms with van der Waals surface area (Å²) in [4.78, 5) is 12.2. The van der Waals surface area contributed by atoms with Gasteiger partial charge >= 0.3 is 0 Å². The summed E-state index contributed by atoms with van der Waals surface area (Å²) in [5, 5.41) is 5.72. The highest BCUT2D eigenvalue weighted by atomic mass is 19.1. The van der Waals surface area contributed by atoms with E-state index in [-0.39, 0.29) is 11.6 Å². The average Bonchev–Trinajstić information content (AvgIpc) is 2.56. The van der Waals surface area contributed by atoms with Crippen LogP contribution >= 0.6 is 0 Å². The van der Waals surface area contributed by atoms with Gasteiger partial charge in [-0.25, -0.2) is 4.39 Å². The molecule has 0 bridgehead atoms. The molecule has 0 saturated carbocycles. The Bertz CT molecular complexity index is 655. The Morgan fingerprint density at radius 3 is 2.35 bits per heavy atom. The smallest absolute Gasteiger partial charge is 0.246 e. The summed E-state index contributed by atoms with van der Waals surface area (Å²) in [7, 11) is 0. The fourth-order valence-corrected chi connectivity index (χ4v) is 2.26. The van der Waals surface area contributed by atoms with Gasteiger partial charge in [0.25, 0.3) is 0 Å². The van der Waals surface area contributed by atoms with Crippen LogP contribution in [0, 0.1) is 5.82 Å². The van der Waals surface area contributed by atoms with E-state index in [1.165, 1.54) is 11.6 Å². The van der Waals surface area contributed by atoms with Crippen LogP contribution in [0.3, 0.4) is 0 Å². The molecule has 4 heteroatoms. The molecule has 0 heterocycles. The number of hydrogen-bond donors (Lipinski definition) is 2. The Kier molecular flexibility index (Phi) is 5.74. The minimum Gasteiger partial charge on any atom is -0.374 e. The maximum absolute atomic E-state index is 13.6. The Morgan fingerprint density at radius 1 is 1.09 bits per heavy atom. The summed E-state index contributed by atoms with van der Waals surface area (Å²) in [6.45, 7) is 6.09. The topological polar surface area (TPSA) is 41.1 Å². The van der Waals surface area contributed by atoms with Crippen LogP contribution in [0.2, 0.25) is 0 Å². The zero-order chi connectivity index (χ0) is 16.8. The van der Waals surface area contributed by atoms with Crippen LogP contribution in [0.4, 0.5) is 15.8 Å². The lowest BCUT2D eigenvalue weighted by molar-refractivity contribution is -0.116. The molecule has 0 aliphatic carbocycles. The summed E-state index contributed by atoms with van der Waals surface area (Å²) in [5.41, 5.74) is 2.34. The molecule has 0 unspecified atom stereocenters. The van der Waals surface area contributed by atoms with E-state index in [1.54, 1.807) is 25.1 Å². The summed E-state index contributed by atoms with van der Waals surface area (Å²) in [6.07, 6.45) is 1.09. The molecule has 0 aliphatic rings. The van der Waals surface area contributed by atoms with E-state index < -0.39 is 11.9 Å². The molecule has 23 heavy (non-hydrogen) atoms. The molecule has 0 aromatic heterocycles. The molecule has 0 saturated heterocycles. The highest BCUT2D eigenvalue weighted by Gasteiger charge is 2.14. The number of rotatable bonds is 6. The van der Waals surface area contributed by atoms with Crippen molar-refractivity contribution in [3.05, 3.63) is 59.9 Å². The predicted octanol–water partition coefficient (Wildman–Crippen LogP) is 4.78. The largest absolute Gasteiger partial charge is 0.374 e. The standard InChI is InChI=1S/C19H23FN2O/c1-4-13(2)15-9-11-16(12-10-15)21-14(3)19(23)22-18-8-6-5-7-17(18)20/h5-14,21H,4H2,1-3H3,(H,22,23)/t13-,14-/m0/s1. The summed E-state index contributed by atoms with van der Waals surface area (Å²) in [5.74, 6) is -0.196. The number of carbonyl (C=O) groups is 1. The predicted molar refractivity (Wildman–Crippen MR) is 93.3 cm³/mol. The number of halogens is 1. The lowest BCUT2D eigenvalue weighted by Crippen LogP contribution is -2.32. The number of amides is 1. The molecule has 122 valence electrons. The number of para-hydroxylation sites is 1. The minimum absolute atomic E-state index is 0.193. The van der Waals surface area contributed by atoms with E-state index in [4.69, 9.17) is 0 Å². The molecule has 0 fully saturated rings. The summed E-state index contributed by atoms with van der Waals surface area (Å²) < 4.78 is 13.6. The van der Waals surface area contributed by atoms with Crippen LogP contribution < -0.4 is 10.6 Å². The molecule has 2 N–H and O–H groups in total. The molecule has 0 radical (unpaired) electrons. The quantitative estimate of drug-likeness (QED) is 0.805. The van der Waals surface area contributed by atoms with Gasteiger partial charge < -0.3 is 10.6 Å². The van der Waals surface area contributed by atoms with Crippen LogP contribution in [-0.4, -0.2) is 11.9 Å². The van der Waals surface area contributed by atoms with Crippen molar-refractivity contribution in [1.82, 2.24) is 0 Å². The number of benzene rings is 2. The van der Waals surface area contributed by atoms with Gasteiger partial charge in [-0.2, -0.15) is 0 Å². The average molecular weight is 314 g/mol. The second-order valence-electron chi connectivity index (χ2n) is 5.77. The first-order valence-corrected chi connectivity index (χ1v) is 7.93. The first-order chi connectivity index (χ1) is 11.0. The number of anilines is 2. The second-order valence-corrected chi connectivity index (χ2v) is 5.77. The van der Waals surface area contributed by atoms with E-state index in [2.05, 4.69) is 36.6 Å². The van der Waals surface area contributed by atoms with Gasteiger partial charge in [0.1, 0.15) is 11.9 Å². The van der Waals surface area contributed by atoms with Crippen LogP contribution in [0.1, 0.15) is 38.7 Å². The summed E-state index contributed by atoms with van der Waals surface area (Å²) in [6, 6.07) is 13.7. The third-order valence-corrected chi connectivity index (χ3v) is 4.00. The Hall–Kier alpha value is -2.36. The Balaban J connectivity index is 1.97. The van der Waals surface area contributed by atoms with Crippen molar-refractivity contribution in [1.29, 1.82) is 0 Å². The van der Waals surface area contributed by atoms with E-state index in [9.17, 15) is 9.18 Å². The SMILES string of the molecule is CC[C@H](C)c1ccc(N[C@@H](C)C(=O)Nc2ccccc2F)cc1. The molecule has 0 aliphatic heterocycles. The van der Waals surface area contributed by atoms with Crippen molar-refractivity contribution >= 4 is 17.3 Å². The zero-order valence-electron chi connectivity index (χ0n) is 13.8. The third-order valence-electron chi connectivity index (χ3n) is 4.00. The van der Waals surface area contributed by atoms with Crippen molar-refractivity contribution in [3.63, 3.8) is 0 Å². The van der Waals surface area contributed by atoms with E-state index >= 15 is 0 Å². The lowest BCUT2D eigenvalue weighted by atomic mass is 9.98.